The number of para-hydroxylation sites is 1. The molecule has 1 aromatic carbocycles. The number of rotatable bonds is 4. The fourth-order valence-corrected chi connectivity index (χ4v) is 3.14. The fourth-order valence-electron chi connectivity index (χ4n) is 3.14. The number of unbranched alkanes of at least 4 members (excludes halogenated alkanes) is 1. The lowest BCUT2D eigenvalue weighted by atomic mass is 10.1. The van der Waals surface area contributed by atoms with Crippen molar-refractivity contribution >= 4 is 17.0 Å². The topological polar surface area (TPSA) is 34.5 Å². The molecule has 0 bridgehead atoms. The fraction of sp³-hybridized carbons (Fsp3) is 0.500. The molecule has 0 aliphatic carbocycles. The summed E-state index contributed by atoms with van der Waals surface area (Å²) in [6.07, 6.45) is 5.99. The first-order valence-electron chi connectivity index (χ1n) is 8.27. The van der Waals surface area contributed by atoms with Crippen LogP contribution in [0.5, 0.6) is 0 Å². The van der Waals surface area contributed by atoms with Crippen LogP contribution in [0.3, 0.4) is 0 Å². The van der Waals surface area contributed by atoms with Crippen LogP contribution in [0.2, 0.25) is 0 Å². The number of ether oxygens (including phenoxy) is 1. The van der Waals surface area contributed by atoms with Gasteiger partial charge in [0.05, 0.1) is 6.61 Å². The van der Waals surface area contributed by atoms with E-state index in [0.29, 0.717) is 12.6 Å². The molecule has 22 heavy (non-hydrogen) atoms. The molecule has 0 atom stereocenters. The molecule has 1 amide bonds. The van der Waals surface area contributed by atoms with Gasteiger partial charge in [-0.15, -0.1) is 0 Å². The molecule has 1 saturated heterocycles. The number of hydrogen-bond acceptors (Lipinski definition) is 2. The van der Waals surface area contributed by atoms with Gasteiger partial charge in [0.2, 0.25) is 0 Å². The van der Waals surface area contributed by atoms with Crippen LogP contribution < -0.4 is 0 Å². The monoisotopic (exact) mass is 300 g/mol. The first kappa shape index (κ1) is 14.9. The van der Waals surface area contributed by atoms with Gasteiger partial charge in [0.25, 0.3) is 0 Å². The number of fused-ring (bicyclic) bond motifs is 1. The Balaban J connectivity index is 1.59. The molecule has 2 aromatic rings. The Kier molecular flexibility index (Phi) is 4.66. The highest BCUT2D eigenvalue weighted by Gasteiger charge is 2.25. The van der Waals surface area contributed by atoms with Crippen molar-refractivity contribution in [3.63, 3.8) is 0 Å². The number of piperidine rings is 1. The van der Waals surface area contributed by atoms with Crippen molar-refractivity contribution in [3.8, 4) is 0 Å². The number of amides is 1. The van der Waals surface area contributed by atoms with Crippen LogP contribution in [0.25, 0.3) is 10.9 Å². The molecular formula is C18H24N2O2. The molecule has 118 valence electrons. The summed E-state index contributed by atoms with van der Waals surface area (Å²) in [7, 11) is 0. The van der Waals surface area contributed by atoms with Gasteiger partial charge >= 0.3 is 6.09 Å². The van der Waals surface area contributed by atoms with E-state index in [0.717, 1.165) is 38.8 Å². The summed E-state index contributed by atoms with van der Waals surface area (Å²) in [5.74, 6) is 0. The summed E-state index contributed by atoms with van der Waals surface area (Å²) in [5, 5.41) is 1.28. The first-order chi connectivity index (χ1) is 10.8. The predicted molar refractivity (Wildman–Crippen MR) is 88.0 cm³/mol. The Labute approximate surface area is 131 Å². The average molecular weight is 300 g/mol. The van der Waals surface area contributed by atoms with E-state index < -0.39 is 0 Å². The van der Waals surface area contributed by atoms with E-state index in [4.69, 9.17) is 4.74 Å². The van der Waals surface area contributed by atoms with Gasteiger partial charge in [-0.2, -0.15) is 0 Å². The molecule has 0 N–H and O–H groups in total. The highest BCUT2D eigenvalue weighted by molar-refractivity contribution is 5.80. The maximum absolute atomic E-state index is 12.0. The Morgan fingerprint density at radius 1 is 1.23 bits per heavy atom. The normalized spacial score (nSPS) is 16.1. The minimum atomic E-state index is -0.149. The maximum Gasteiger partial charge on any atom is 0.409 e. The zero-order valence-corrected chi connectivity index (χ0v) is 13.2. The zero-order valence-electron chi connectivity index (χ0n) is 13.2. The van der Waals surface area contributed by atoms with E-state index in [9.17, 15) is 4.79 Å². The van der Waals surface area contributed by atoms with Crippen LogP contribution in [0.15, 0.2) is 36.5 Å². The molecule has 1 fully saturated rings. The maximum atomic E-state index is 12.0. The summed E-state index contributed by atoms with van der Waals surface area (Å²) in [5.41, 5.74) is 1.28. The third-order valence-electron chi connectivity index (χ3n) is 4.47. The summed E-state index contributed by atoms with van der Waals surface area (Å²) in [4.78, 5) is 13.8. The van der Waals surface area contributed by atoms with Gasteiger partial charge in [-0.05, 0) is 36.8 Å². The molecule has 3 rings (SSSR count). The molecular weight excluding hydrogens is 276 g/mol. The largest absolute Gasteiger partial charge is 0.449 e. The van der Waals surface area contributed by atoms with Crippen LogP contribution in [-0.4, -0.2) is 35.3 Å². The highest BCUT2D eigenvalue weighted by Crippen LogP contribution is 2.27. The summed E-state index contributed by atoms with van der Waals surface area (Å²) >= 11 is 0. The first-order valence-corrected chi connectivity index (χ1v) is 8.27. The third-order valence-corrected chi connectivity index (χ3v) is 4.47. The van der Waals surface area contributed by atoms with E-state index in [1.165, 1.54) is 10.9 Å². The van der Waals surface area contributed by atoms with Gasteiger partial charge in [-0.25, -0.2) is 4.79 Å². The van der Waals surface area contributed by atoms with Crippen molar-refractivity contribution < 1.29 is 9.53 Å². The Morgan fingerprint density at radius 2 is 2.00 bits per heavy atom. The van der Waals surface area contributed by atoms with Crippen molar-refractivity contribution in [3.05, 3.63) is 36.5 Å². The predicted octanol–water partition coefficient (Wildman–Crippen LogP) is 4.21. The van der Waals surface area contributed by atoms with Gasteiger partial charge in [0.1, 0.15) is 0 Å². The zero-order chi connectivity index (χ0) is 15.4. The van der Waals surface area contributed by atoms with Crippen molar-refractivity contribution in [2.75, 3.05) is 19.7 Å². The van der Waals surface area contributed by atoms with Crippen molar-refractivity contribution in [2.24, 2.45) is 0 Å². The molecule has 0 spiro atoms. The Hall–Kier alpha value is -1.97. The Bertz CT molecular complexity index is 627. The van der Waals surface area contributed by atoms with Gasteiger partial charge < -0.3 is 14.2 Å². The van der Waals surface area contributed by atoms with Crippen LogP contribution in [-0.2, 0) is 4.74 Å². The van der Waals surface area contributed by atoms with Crippen LogP contribution >= 0.6 is 0 Å². The molecule has 1 aromatic heterocycles. The molecule has 0 unspecified atom stereocenters. The number of hydrogen-bond donors (Lipinski definition) is 0. The van der Waals surface area contributed by atoms with Crippen LogP contribution in [0.1, 0.15) is 38.6 Å². The summed E-state index contributed by atoms with van der Waals surface area (Å²) < 4.78 is 7.65. The van der Waals surface area contributed by atoms with E-state index in [1.807, 2.05) is 4.90 Å². The molecule has 1 aliphatic heterocycles. The summed E-state index contributed by atoms with van der Waals surface area (Å²) in [6, 6.07) is 11.1. The third kappa shape index (κ3) is 3.11. The number of aromatic nitrogens is 1. The van der Waals surface area contributed by atoms with Crippen LogP contribution in [0, 0.1) is 0 Å². The molecule has 4 heteroatoms. The van der Waals surface area contributed by atoms with E-state index >= 15 is 0 Å². The second-order valence-electron chi connectivity index (χ2n) is 5.97. The minimum Gasteiger partial charge on any atom is -0.449 e. The minimum absolute atomic E-state index is 0.149. The van der Waals surface area contributed by atoms with Gasteiger partial charge in [0, 0.05) is 30.8 Å². The second kappa shape index (κ2) is 6.86. The van der Waals surface area contributed by atoms with Gasteiger partial charge in [0.15, 0.2) is 0 Å². The number of nitrogens with zero attached hydrogens (tertiary/aromatic N) is 2. The molecule has 1 aliphatic rings. The number of likely N-dealkylation sites (tertiary alicyclic amines) is 1. The lowest BCUT2D eigenvalue weighted by molar-refractivity contribution is 0.0878. The van der Waals surface area contributed by atoms with E-state index in [2.05, 4.69) is 48.0 Å². The van der Waals surface area contributed by atoms with E-state index in [-0.39, 0.29) is 6.09 Å². The second-order valence-corrected chi connectivity index (χ2v) is 5.97. The Morgan fingerprint density at radius 3 is 2.77 bits per heavy atom. The van der Waals surface area contributed by atoms with Gasteiger partial charge in [-0.1, -0.05) is 31.5 Å². The molecule has 0 saturated carbocycles. The number of carbonyl (C=O) groups excluding carboxylic acids is 1. The average Bonchev–Trinajstić information content (AvgIpc) is 2.99. The molecule has 0 radical (unpaired) electrons. The number of carbonyl (C=O) groups is 1. The summed E-state index contributed by atoms with van der Waals surface area (Å²) in [6.45, 7) is 4.20. The standard InChI is InChI=1S/C18H24N2O2/c1-2-3-14-22-18(21)19-11-9-16(10-12-19)20-13-8-15-6-4-5-7-17(15)20/h4-8,13,16H,2-3,9-12,14H2,1H3. The van der Waals surface area contributed by atoms with E-state index in [1.54, 1.807) is 0 Å². The van der Waals surface area contributed by atoms with Gasteiger partial charge in [-0.3, -0.25) is 0 Å². The smallest absolute Gasteiger partial charge is 0.409 e. The number of benzene rings is 1. The lowest BCUT2D eigenvalue weighted by Gasteiger charge is -2.32. The highest BCUT2D eigenvalue weighted by atomic mass is 16.6. The molecule has 2 heterocycles. The SMILES string of the molecule is CCCCOC(=O)N1CCC(n2ccc3ccccc32)CC1. The molecule has 4 nitrogen and oxygen atoms in total. The quantitative estimate of drug-likeness (QED) is 0.793. The van der Waals surface area contributed by atoms with Crippen molar-refractivity contribution in [2.45, 2.75) is 38.6 Å². The van der Waals surface area contributed by atoms with Crippen molar-refractivity contribution in [1.29, 1.82) is 0 Å². The van der Waals surface area contributed by atoms with Crippen LogP contribution in [0.4, 0.5) is 4.79 Å². The van der Waals surface area contributed by atoms with Crippen molar-refractivity contribution in [1.82, 2.24) is 9.47 Å². The lowest BCUT2D eigenvalue weighted by Crippen LogP contribution is -2.39.